The SMILES string of the molecule is Cc1nc(C(=O)Nc2c(C)cccc2C(C)C)cc(N2CCCC(C)C2)n1. The summed E-state index contributed by atoms with van der Waals surface area (Å²) in [7, 11) is 0. The lowest BCUT2D eigenvalue weighted by Gasteiger charge is -2.32. The van der Waals surface area contributed by atoms with Crippen LogP contribution in [-0.2, 0) is 0 Å². The van der Waals surface area contributed by atoms with Gasteiger partial charge in [0.05, 0.1) is 0 Å². The van der Waals surface area contributed by atoms with Crippen molar-refractivity contribution < 1.29 is 4.79 Å². The van der Waals surface area contributed by atoms with Crippen molar-refractivity contribution in [2.24, 2.45) is 5.92 Å². The Hall–Kier alpha value is -2.43. The molecule has 1 aliphatic rings. The molecule has 1 unspecified atom stereocenters. The summed E-state index contributed by atoms with van der Waals surface area (Å²) in [6, 6.07) is 7.95. The van der Waals surface area contributed by atoms with E-state index in [0.717, 1.165) is 42.1 Å². The van der Waals surface area contributed by atoms with Crippen LogP contribution in [0.1, 0.15) is 67.0 Å². The maximum atomic E-state index is 13.0. The summed E-state index contributed by atoms with van der Waals surface area (Å²) in [5.41, 5.74) is 3.51. The maximum absolute atomic E-state index is 13.0. The van der Waals surface area contributed by atoms with Gasteiger partial charge in [0.25, 0.3) is 5.91 Å². The van der Waals surface area contributed by atoms with Crippen molar-refractivity contribution in [1.82, 2.24) is 9.97 Å². The molecule has 144 valence electrons. The molecule has 27 heavy (non-hydrogen) atoms. The quantitative estimate of drug-likeness (QED) is 0.852. The van der Waals surface area contributed by atoms with Gasteiger partial charge in [-0.1, -0.05) is 39.0 Å². The van der Waals surface area contributed by atoms with Crippen molar-refractivity contribution in [2.75, 3.05) is 23.3 Å². The van der Waals surface area contributed by atoms with Crippen molar-refractivity contribution in [2.45, 2.75) is 53.4 Å². The van der Waals surface area contributed by atoms with E-state index in [2.05, 4.69) is 47.0 Å². The minimum absolute atomic E-state index is 0.178. The van der Waals surface area contributed by atoms with Crippen molar-refractivity contribution in [3.63, 3.8) is 0 Å². The van der Waals surface area contributed by atoms with Crippen LogP contribution in [0.2, 0.25) is 0 Å². The summed E-state index contributed by atoms with van der Waals surface area (Å²) in [5, 5.41) is 3.09. The highest BCUT2D eigenvalue weighted by Gasteiger charge is 2.21. The number of para-hydroxylation sites is 1. The van der Waals surface area contributed by atoms with E-state index in [1.165, 1.54) is 6.42 Å². The van der Waals surface area contributed by atoms with E-state index in [9.17, 15) is 4.79 Å². The first kappa shape index (κ1) is 19.3. The lowest BCUT2D eigenvalue weighted by Crippen LogP contribution is -2.35. The molecule has 1 aromatic heterocycles. The number of carbonyl (C=O) groups excluding carboxylic acids is 1. The van der Waals surface area contributed by atoms with Crippen LogP contribution < -0.4 is 10.2 Å². The molecule has 0 aliphatic carbocycles. The van der Waals surface area contributed by atoms with Gasteiger partial charge in [0.15, 0.2) is 0 Å². The number of piperidine rings is 1. The smallest absolute Gasteiger partial charge is 0.274 e. The van der Waals surface area contributed by atoms with E-state index in [4.69, 9.17) is 0 Å². The Morgan fingerprint density at radius 2 is 2.04 bits per heavy atom. The lowest BCUT2D eigenvalue weighted by molar-refractivity contribution is 0.102. The van der Waals surface area contributed by atoms with Crippen LogP contribution in [0, 0.1) is 19.8 Å². The highest BCUT2D eigenvalue weighted by atomic mass is 16.1. The molecule has 3 rings (SSSR count). The van der Waals surface area contributed by atoms with Crippen LogP contribution in [-0.4, -0.2) is 29.0 Å². The first-order valence-electron chi connectivity index (χ1n) is 9.86. The van der Waals surface area contributed by atoms with Crippen molar-refractivity contribution in [3.8, 4) is 0 Å². The summed E-state index contributed by atoms with van der Waals surface area (Å²) >= 11 is 0. The Morgan fingerprint density at radius 1 is 1.26 bits per heavy atom. The first-order chi connectivity index (χ1) is 12.8. The molecule has 1 fully saturated rings. The monoisotopic (exact) mass is 366 g/mol. The standard InChI is InChI=1S/C22H30N4O/c1-14(2)18-10-6-9-16(4)21(18)25-22(27)19-12-20(24-17(5)23-19)26-11-7-8-15(3)13-26/h6,9-10,12,14-15H,7-8,11,13H2,1-5H3,(H,25,27). The zero-order valence-corrected chi connectivity index (χ0v) is 17.0. The van der Waals surface area contributed by atoms with E-state index >= 15 is 0 Å². The average molecular weight is 367 g/mol. The minimum Gasteiger partial charge on any atom is -0.356 e. The molecule has 1 aromatic carbocycles. The average Bonchev–Trinajstić information content (AvgIpc) is 2.62. The number of benzene rings is 1. The van der Waals surface area contributed by atoms with E-state index in [1.807, 2.05) is 32.0 Å². The van der Waals surface area contributed by atoms with Crippen LogP contribution in [0.15, 0.2) is 24.3 Å². The Kier molecular flexibility index (Phi) is 5.78. The molecule has 1 atom stereocenters. The predicted octanol–water partition coefficient (Wildman–Crippen LogP) is 4.71. The molecular formula is C22H30N4O. The molecule has 2 heterocycles. The number of aryl methyl sites for hydroxylation is 2. The fourth-order valence-corrected chi connectivity index (χ4v) is 3.75. The van der Waals surface area contributed by atoms with Gasteiger partial charge in [-0.2, -0.15) is 0 Å². The Labute approximate surface area is 162 Å². The van der Waals surface area contributed by atoms with Gasteiger partial charge in [0.1, 0.15) is 17.3 Å². The maximum Gasteiger partial charge on any atom is 0.274 e. The van der Waals surface area contributed by atoms with Crippen LogP contribution in [0.25, 0.3) is 0 Å². The molecule has 0 radical (unpaired) electrons. The molecule has 1 aliphatic heterocycles. The van der Waals surface area contributed by atoms with Gasteiger partial charge in [-0.25, -0.2) is 9.97 Å². The zero-order valence-electron chi connectivity index (χ0n) is 17.0. The first-order valence-corrected chi connectivity index (χ1v) is 9.86. The summed E-state index contributed by atoms with van der Waals surface area (Å²) in [6.45, 7) is 12.4. The largest absolute Gasteiger partial charge is 0.356 e. The molecule has 1 saturated heterocycles. The Bertz CT molecular complexity index is 831. The predicted molar refractivity (Wildman–Crippen MR) is 111 cm³/mol. The third kappa shape index (κ3) is 4.46. The molecule has 5 nitrogen and oxygen atoms in total. The third-order valence-electron chi connectivity index (χ3n) is 5.20. The summed E-state index contributed by atoms with van der Waals surface area (Å²) in [5.74, 6) is 2.28. The molecule has 0 bridgehead atoms. The fraction of sp³-hybridized carbons (Fsp3) is 0.500. The molecule has 5 heteroatoms. The van der Waals surface area contributed by atoms with Gasteiger partial charge in [-0.05, 0) is 49.7 Å². The summed E-state index contributed by atoms with van der Waals surface area (Å²) in [4.78, 5) is 24.2. The number of hydrogen-bond donors (Lipinski definition) is 1. The normalized spacial score (nSPS) is 17.3. The van der Waals surface area contributed by atoms with E-state index in [-0.39, 0.29) is 5.91 Å². The van der Waals surface area contributed by atoms with Crippen LogP contribution in [0.3, 0.4) is 0 Å². The van der Waals surface area contributed by atoms with Gasteiger partial charge in [-0.3, -0.25) is 4.79 Å². The third-order valence-corrected chi connectivity index (χ3v) is 5.20. The van der Waals surface area contributed by atoms with Gasteiger partial charge in [-0.15, -0.1) is 0 Å². The van der Waals surface area contributed by atoms with Crippen molar-refractivity contribution in [1.29, 1.82) is 0 Å². The number of amides is 1. The van der Waals surface area contributed by atoms with Crippen LogP contribution in [0.5, 0.6) is 0 Å². The number of hydrogen-bond acceptors (Lipinski definition) is 4. The molecule has 1 amide bonds. The highest BCUT2D eigenvalue weighted by Crippen LogP contribution is 2.28. The fourth-order valence-electron chi connectivity index (χ4n) is 3.75. The number of rotatable bonds is 4. The van der Waals surface area contributed by atoms with Crippen molar-refractivity contribution in [3.05, 3.63) is 46.9 Å². The van der Waals surface area contributed by atoms with E-state index < -0.39 is 0 Å². The molecule has 0 saturated carbocycles. The zero-order chi connectivity index (χ0) is 19.6. The Balaban J connectivity index is 1.88. The van der Waals surface area contributed by atoms with E-state index in [0.29, 0.717) is 23.4 Å². The highest BCUT2D eigenvalue weighted by molar-refractivity contribution is 6.04. The number of nitrogens with zero attached hydrogens (tertiary/aromatic N) is 3. The van der Waals surface area contributed by atoms with Gasteiger partial charge in [0, 0.05) is 24.8 Å². The van der Waals surface area contributed by atoms with Gasteiger partial charge < -0.3 is 10.2 Å². The molecule has 0 spiro atoms. The second kappa shape index (κ2) is 8.07. The second-order valence-electron chi connectivity index (χ2n) is 8.00. The number of nitrogens with one attached hydrogen (secondary N) is 1. The minimum atomic E-state index is -0.178. The summed E-state index contributed by atoms with van der Waals surface area (Å²) in [6.07, 6.45) is 2.41. The van der Waals surface area contributed by atoms with Crippen LogP contribution >= 0.6 is 0 Å². The summed E-state index contributed by atoms with van der Waals surface area (Å²) < 4.78 is 0. The Morgan fingerprint density at radius 3 is 2.74 bits per heavy atom. The molecule has 1 N–H and O–H groups in total. The van der Waals surface area contributed by atoms with Crippen LogP contribution in [0.4, 0.5) is 11.5 Å². The number of anilines is 2. The number of aromatic nitrogens is 2. The lowest BCUT2D eigenvalue weighted by atomic mass is 9.98. The number of carbonyl (C=O) groups is 1. The topological polar surface area (TPSA) is 58.1 Å². The second-order valence-corrected chi connectivity index (χ2v) is 8.00. The van der Waals surface area contributed by atoms with Gasteiger partial charge in [0.2, 0.25) is 0 Å². The van der Waals surface area contributed by atoms with E-state index in [1.54, 1.807) is 0 Å². The van der Waals surface area contributed by atoms with Crippen molar-refractivity contribution >= 4 is 17.4 Å². The van der Waals surface area contributed by atoms with Gasteiger partial charge >= 0.3 is 0 Å². The molecule has 2 aromatic rings. The molecular weight excluding hydrogens is 336 g/mol.